The zero-order valence-corrected chi connectivity index (χ0v) is 16.5. The van der Waals surface area contributed by atoms with Crippen LogP contribution >= 0.6 is 27.5 Å². The number of amides is 2. The first-order valence-electron chi connectivity index (χ1n) is 8.34. The van der Waals surface area contributed by atoms with Gasteiger partial charge in [-0.1, -0.05) is 39.7 Å². The first kappa shape index (κ1) is 18.1. The molecule has 1 N–H and O–H groups in total. The first-order valence-corrected chi connectivity index (χ1v) is 9.51. The van der Waals surface area contributed by atoms with Crippen LogP contribution in [0.3, 0.4) is 0 Å². The fourth-order valence-electron chi connectivity index (χ4n) is 2.95. The molecular formula is C19H21BrClN3O. The van der Waals surface area contributed by atoms with Crippen LogP contribution in [0.25, 0.3) is 0 Å². The Kier molecular flexibility index (Phi) is 5.86. The Balaban J connectivity index is 1.61. The zero-order valence-electron chi connectivity index (χ0n) is 14.1. The number of hydrogen-bond donors (Lipinski definition) is 1. The third kappa shape index (κ3) is 4.67. The maximum absolute atomic E-state index is 12.4. The second-order valence-electron chi connectivity index (χ2n) is 6.27. The van der Waals surface area contributed by atoms with E-state index in [-0.39, 0.29) is 6.03 Å². The molecule has 0 saturated carbocycles. The Labute approximate surface area is 161 Å². The van der Waals surface area contributed by atoms with Crippen molar-refractivity contribution in [2.24, 2.45) is 0 Å². The Morgan fingerprint density at radius 3 is 2.52 bits per heavy atom. The fraction of sp³-hybridized carbons (Fsp3) is 0.316. The maximum Gasteiger partial charge on any atom is 0.321 e. The zero-order chi connectivity index (χ0) is 17.8. The quantitative estimate of drug-likeness (QED) is 0.719. The lowest BCUT2D eigenvalue weighted by atomic mass is 10.2. The topological polar surface area (TPSA) is 35.6 Å². The maximum atomic E-state index is 12.4. The Hall–Kier alpha value is -1.72. The molecule has 1 heterocycles. The fourth-order valence-corrected chi connectivity index (χ4v) is 3.52. The third-order valence-corrected chi connectivity index (χ3v) is 5.16. The van der Waals surface area contributed by atoms with Gasteiger partial charge in [-0.05, 0) is 48.7 Å². The van der Waals surface area contributed by atoms with Crippen LogP contribution in [-0.2, 0) is 6.54 Å². The van der Waals surface area contributed by atoms with E-state index in [2.05, 4.69) is 26.1 Å². The lowest BCUT2D eigenvalue weighted by Gasteiger charge is -2.21. The molecule has 2 aromatic rings. The molecule has 0 atom stereocenters. The van der Waals surface area contributed by atoms with Crippen molar-refractivity contribution in [1.29, 1.82) is 0 Å². The molecular weight excluding hydrogens is 402 g/mol. The van der Waals surface area contributed by atoms with Gasteiger partial charge in [-0.2, -0.15) is 0 Å². The predicted molar refractivity (Wildman–Crippen MR) is 108 cm³/mol. The van der Waals surface area contributed by atoms with E-state index in [9.17, 15) is 4.79 Å². The molecule has 132 valence electrons. The van der Waals surface area contributed by atoms with Gasteiger partial charge in [0.25, 0.3) is 0 Å². The summed E-state index contributed by atoms with van der Waals surface area (Å²) >= 11 is 9.82. The van der Waals surface area contributed by atoms with Crippen molar-refractivity contribution in [3.05, 3.63) is 57.5 Å². The van der Waals surface area contributed by atoms with E-state index in [1.54, 1.807) is 11.9 Å². The van der Waals surface area contributed by atoms with Crippen molar-refractivity contribution in [1.82, 2.24) is 4.90 Å². The number of carbonyl (C=O) groups excluding carboxylic acids is 1. The molecule has 1 aliphatic heterocycles. The van der Waals surface area contributed by atoms with Crippen LogP contribution in [0.4, 0.5) is 16.2 Å². The molecule has 0 unspecified atom stereocenters. The number of halogens is 2. The number of benzene rings is 2. The second kappa shape index (κ2) is 8.11. The monoisotopic (exact) mass is 421 g/mol. The largest absolute Gasteiger partial charge is 0.370 e. The van der Waals surface area contributed by atoms with E-state index in [1.165, 1.54) is 12.8 Å². The second-order valence-corrected chi connectivity index (χ2v) is 7.60. The highest BCUT2D eigenvalue weighted by Gasteiger charge is 2.16. The summed E-state index contributed by atoms with van der Waals surface area (Å²) in [6.45, 7) is 2.63. The standard InChI is InChI=1S/C19H21BrClN3O/c1-23(13-14-4-6-15(20)7-5-14)19(25)22-16-8-9-18(17(21)12-16)24-10-2-3-11-24/h4-9,12H,2-3,10-11,13H2,1H3,(H,22,25). The molecule has 3 rings (SSSR count). The van der Waals surface area contributed by atoms with Gasteiger partial charge in [0.1, 0.15) is 0 Å². The summed E-state index contributed by atoms with van der Waals surface area (Å²) in [5.74, 6) is 0. The van der Waals surface area contributed by atoms with E-state index < -0.39 is 0 Å². The summed E-state index contributed by atoms with van der Waals surface area (Å²) in [7, 11) is 1.78. The molecule has 1 saturated heterocycles. The molecule has 0 spiro atoms. The van der Waals surface area contributed by atoms with Crippen molar-refractivity contribution < 1.29 is 4.79 Å². The number of urea groups is 1. The highest BCUT2D eigenvalue weighted by molar-refractivity contribution is 9.10. The molecule has 1 fully saturated rings. The minimum Gasteiger partial charge on any atom is -0.370 e. The van der Waals surface area contributed by atoms with Gasteiger partial charge < -0.3 is 15.1 Å². The van der Waals surface area contributed by atoms with Gasteiger partial charge >= 0.3 is 6.03 Å². The molecule has 1 aliphatic rings. The molecule has 2 aromatic carbocycles. The average molecular weight is 423 g/mol. The van der Waals surface area contributed by atoms with Crippen molar-refractivity contribution in [3.63, 3.8) is 0 Å². The van der Waals surface area contributed by atoms with Crippen LogP contribution in [0.5, 0.6) is 0 Å². The number of carbonyl (C=O) groups is 1. The minimum absolute atomic E-state index is 0.159. The van der Waals surface area contributed by atoms with Crippen molar-refractivity contribution in [3.8, 4) is 0 Å². The van der Waals surface area contributed by atoms with Gasteiger partial charge in [-0.15, -0.1) is 0 Å². The molecule has 0 aliphatic carbocycles. The molecule has 6 heteroatoms. The number of rotatable bonds is 4. The van der Waals surface area contributed by atoms with Gasteiger partial charge in [-0.3, -0.25) is 0 Å². The normalized spacial score (nSPS) is 13.8. The molecule has 4 nitrogen and oxygen atoms in total. The Morgan fingerprint density at radius 2 is 1.88 bits per heavy atom. The van der Waals surface area contributed by atoms with Crippen molar-refractivity contribution in [2.75, 3.05) is 30.4 Å². The first-order chi connectivity index (χ1) is 12.0. The van der Waals surface area contributed by atoms with Gasteiger partial charge in [-0.25, -0.2) is 4.79 Å². The number of hydrogen-bond acceptors (Lipinski definition) is 2. The van der Waals surface area contributed by atoms with Crippen molar-refractivity contribution >= 4 is 44.9 Å². The van der Waals surface area contributed by atoms with Gasteiger partial charge in [0.05, 0.1) is 10.7 Å². The van der Waals surface area contributed by atoms with E-state index in [0.29, 0.717) is 17.3 Å². The van der Waals surface area contributed by atoms with E-state index in [4.69, 9.17) is 11.6 Å². The van der Waals surface area contributed by atoms with Gasteiger partial charge in [0, 0.05) is 36.8 Å². The van der Waals surface area contributed by atoms with Crippen LogP contribution in [0, 0.1) is 0 Å². The highest BCUT2D eigenvalue weighted by Crippen LogP contribution is 2.31. The number of nitrogens with zero attached hydrogens (tertiary/aromatic N) is 2. The van der Waals surface area contributed by atoms with Crippen LogP contribution in [0.15, 0.2) is 46.9 Å². The third-order valence-electron chi connectivity index (χ3n) is 4.33. The summed E-state index contributed by atoms with van der Waals surface area (Å²) in [5, 5.41) is 3.58. The molecule has 0 radical (unpaired) electrons. The Morgan fingerprint density at radius 1 is 1.20 bits per heavy atom. The van der Waals surface area contributed by atoms with Gasteiger partial charge in [0.15, 0.2) is 0 Å². The van der Waals surface area contributed by atoms with E-state index >= 15 is 0 Å². The molecule has 0 bridgehead atoms. The average Bonchev–Trinajstić information content (AvgIpc) is 3.11. The Bertz CT molecular complexity index is 745. The summed E-state index contributed by atoms with van der Waals surface area (Å²) in [4.78, 5) is 16.3. The highest BCUT2D eigenvalue weighted by atomic mass is 79.9. The van der Waals surface area contributed by atoms with Crippen LogP contribution in [0.1, 0.15) is 18.4 Å². The summed E-state index contributed by atoms with van der Waals surface area (Å²) in [6.07, 6.45) is 2.41. The van der Waals surface area contributed by atoms with Crippen molar-refractivity contribution in [2.45, 2.75) is 19.4 Å². The lowest BCUT2D eigenvalue weighted by molar-refractivity contribution is 0.220. The summed E-state index contributed by atoms with van der Waals surface area (Å²) < 4.78 is 1.02. The summed E-state index contributed by atoms with van der Waals surface area (Å²) in [6, 6.07) is 13.5. The molecule has 0 aromatic heterocycles. The van der Waals surface area contributed by atoms with Crippen LogP contribution in [-0.4, -0.2) is 31.1 Å². The lowest BCUT2D eigenvalue weighted by Crippen LogP contribution is -2.30. The van der Waals surface area contributed by atoms with Crippen LogP contribution in [0.2, 0.25) is 5.02 Å². The SMILES string of the molecule is CN(Cc1ccc(Br)cc1)C(=O)Nc1ccc(N2CCCC2)c(Cl)c1. The summed E-state index contributed by atoms with van der Waals surface area (Å²) in [5.41, 5.74) is 2.82. The van der Waals surface area contributed by atoms with Crippen LogP contribution < -0.4 is 10.2 Å². The number of anilines is 2. The molecule has 25 heavy (non-hydrogen) atoms. The molecule has 2 amide bonds. The van der Waals surface area contributed by atoms with E-state index in [0.717, 1.165) is 28.8 Å². The minimum atomic E-state index is -0.159. The van der Waals surface area contributed by atoms with E-state index in [1.807, 2.05) is 42.5 Å². The predicted octanol–water partition coefficient (Wildman–Crippen LogP) is 5.37. The smallest absolute Gasteiger partial charge is 0.321 e. The number of nitrogens with one attached hydrogen (secondary N) is 1. The van der Waals surface area contributed by atoms with Gasteiger partial charge in [0.2, 0.25) is 0 Å².